The highest BCUT2D eigenvalue weighted by Gasteiger charge is 2.26. The van der Waals surface area contributed by atoms with Gasteiger partial charge in [0.05, 0.1) is 5.37 Å². The van der Waals surface area contributed by atoms with Gasteiger partial charge in [-0.25, -0.2) is 9.97 Å². The van der Waals surface area contributed by atoms with Gasteiger partial charge in [-0.3, -0.25) is 4.57 Å². The van der Waals surface area contributed by atoms with Crippen LogP contribution in [0, 0.1) is 5.92 Å². The van der Waals surface area contributed by atoms with Crippen molar-refractivity contribution in [3.8, 4) is 0 Å². The lowest BCUT2D eigenvalue weighted by atomic mass is 10.0. The Labute approximate surface area is 123 Å². The maximum absolute atomic E-state index is 4.88. The summed E-state index contributed by atoms with van der Waals surface area (Å²) in [6.07, 6.45) is 6.81. The summed E-state index contributed by atoms with van der Waals surface area (Å²) in [5.41, 5.74) is 2.13. The summed E-state index contributed by atoms with van der Waals surface area (Å²) in [5.74, 6) is 3.24. The molecular formula is C15H20N4S. The van der Waals surface area contributed by atoms with Crippen LogP contribution in [0.25, 0.3) is 11.2 Å². The summed E-state index contributed by atoms with van der Waals surface area (Å²) in [4.78, 5) is 9.47. The fourth-order valence-corrected chi connectivity index (χ4v) is 4.64. The van der Waals surface area contributed by atoms with Crippen molar-refractivity contribution in [1.82, 2.24) is 19.9 Å². The summed E-state index contributed by atoms with van der Waals surface area (Å²) < 4.78 is 2.42. The Hall–Kier alpha value is -1.07. The molecule has 2 unspecified atom stereocenters. The molecule has 0 aromatic carbocycles. The van der Waals surface area contributed by atoms with E-state index in [0.717, 1.165) is 36.6 Å². The van der Waals surface area contributed by atoms with Crippen LogP contribution in [0.3, 0.4) is 0 Å². The van der Waals surface area contributed by atoms with Crippen LogP contribution in [0.2, 0.25) is 0 Å². The minimum Gasteiger partial charge on any atom is -0.316 e. The quantitative estimate of drug-likeness (QED) is 0.943. The number of hydrogen-bond acceptors (Lipinski definition) is 4. The summed E-state index contributed by atoms with van der Waals surface area (Å²) in [6, 6.07) is 4.08. The van der Waals surface area contributed by atoms with E-state index >= 15 is 0 Å². The molecule has 0 spiro atoms. The smallest absolute Gasteiger partial charge is 0.160 e. The Morgan fingerprint density at radius 3 is 3.20 bits per heavy atom. The van der Waals surface area contributed by atoms with E-state index in [4.69, 9.17) is 4.98 Å². The lowest BCUT2D eigenvalue weighted by Crippen LogP contribution is -2.15. The molecule has 2 atom stereocenters. The van der Waals surface area contributed by atoms with Crippen molar-refractivity contribution in [2.75, 3.05) is 18.8 Å². The molecule has 4 rings (SSSR count). The van der Waals surface area contributed by atoms with Crippen LogP contribution in [0.5, 0.6) is 0 Å². The maximum Gasteiger partial charge on any atom is 0.160 e. The van der Waals surface area contributed by atoms with Crippen molar-refractivity contribution < 1.29 is 0 Å². The number of thioether (sulfide) groups is 1. The molecule has 0 saturated carbocycles. The number of aromatic nitrogens is 3. The number of nitrogens with zero attached hydrogens (tertiary/aromatic N) is 3. The van der Waals surface area contributed by atoms with Crippen molar-refractivity contribution in [3.63, 3.8) is 0 Å². The van der Waals surface area contributed by atoms with Crippen molar-refractivity contribution >= 4 is 22.9 Å². The molecule has 20 heavy (non-hydrogen) atoms. The fraction of sp³-hybridized carbons (Fsp3) is 0.600. The first kappa shape index (κ1) is 12.7. The van der Waals surface area contributed by atoms with Gasteiger partial charge in [0.1, 0.15) is 11.3 Å². The summed E-state index contributed by atoms with van der Waals surface area (Å²) in [5, 5.41) is 4.00. The van der Waals surface area contributed by atoms with Gasteiger partial charge in [-0.1, -0.05) is 0 Å². The minimum atomic E-state index is 0.541. The third kappa shape index (κ3) is 2.23. The lowest BCUT2D eigenvalue weighted by molar-refractivity contribution is 0.529. The zero-order chi connectivity index (χ0) is 13.4. The Kier molecular flexibility index (Phi) is 3.40. The molecule has 0 amide bonds. The Morgan fingerprint density at radius 1 is 1.40 bits per heavy atom. The summed E-state index contributed by atoms with van der Waals surface area (Å²) in [6.45, 7) is 2.29. The molecule has 2 fully saturated rings. The molecule has 2 aromatic rings. The number of pyridine rings is 1. The van der Waals surface area contributed by atoms with Crippen LogP contribution < -0.4 is 5.32 Å². The monoisotopic (exact) mass is 288 g/mol. The van der Waals surface area contributed by atoms with Gasteiger partial charge in [0.2, 0.25) is 0 Å². The van der Waals surface area contributed by atoms with E-state index in [0.29, 0.717) is 5.37 Å². The Morgan fingerprint density at radius 2 is 2.40 bits per heavy atom. The van der Waals surface area contributed by atoms with Gasteiger partial charge >= 0.3 is 0 Å². The Balaban J connectivity index is 1.74. The van der Waals surface area contributed by atoms with Crippen LogP contribution >= 0.6 is 11.8 Å². The van der Waals surface area contributed by atoms with Gasteiger partial charge in [-0.2, -0.15) is 0 Å². The van der Waals surface area contributed by atoms with Gasteiger partial charge in [-0.05, 0) is 56.2 Å². The molecule has 5 heteroatoms. The highest BCUT2D eigenvalue weighted by atomic mass is 32.2. The molecular weight excluding hydrogens is 268 g/mol. The topological polar surface area (TPSA) is 42.7 Å². The van der Waals surface area contributed by atoms with E-state index in [1.165, 1.54) is 30.8 Å². The van der Waals surface area contributed by atoms with Crippen LogP contribution in [0.1, 0.15) is 30.5 Å². The zero-order valence-electron chi connectivity index (χ0n) is 11.6. The second-order valence-electron chi connectivity index (χ2n) is 5.77. The van der Waals surface area contributed by atoms with Crippen molar-refractivity contribution in [2.45, 2.75) is 31.1 Å². The van der Waals surface area contributed by atoms with E-state index in [1.54, 1.807) is 0 Å². The molecule has 0 bridgehead atoms. The van der Waals surface area contributed by atoms with E-state index in [2.05, 4.69) is 32.7 Å². The average molecular weight is 288 g/mol. The van der Waals surface area contributed by atoms with Gasteiger partial charge in [0, 0.05) is 12.6 Å². The van der Waals surface area contributed by atoms with Crippen LogP contribution in [-0.2, 0) is 6.42 Å². The molecule has 0 aliphatic carbocycles. The second kappa shape index (κ2) is 5.37. The van der Waals surface area contributed by atoms with Gasteiger partial charge in [0.25, 0.3) is 0 Å². The van der Waals surface area contributed by atoms with E-state index in [9.17, 15) is 0 Å². The highest BCUT2D eigenvalue weighted by molar-refractivity contribution is 7.99. The predicted molar refractivity (Wildman–Crippen MR) is 82.9 cm³/mol. The first-order chi connectivity index (χ1) is 9.92. The minimum absolute atomic E-state index is 0.541. The molecule has 2 saturated heterocycles. The Bertz CT molecular complexity index is 597. The van der Waals surface area contributed by atoms with Crippen molar-refractivity contribution in [1.29, 1.82) is 0 Å². The molecule has 106 valence electrons. The molecule has 0 radical (unpaired) electrons. The van der Waals surface area contributed by atoms with E-state index in [-0.39, 0.29) is 0 Å². The first-order valence-electron chi connectivity index (χ1n) is 7.56. The van der Waals surface area contributed by atoms with Gasteiger partial charge in [0.15, 0.2) is 5.65 Å². The first-order valence-corrected chi connectivity index (χ1v) is 8.61. The second-order valence-corrected chi connectivity index (χ2v) is 7.06. The third-order valence-corrected chi connectivity index (χ3v) is 5.70. The molecule has 2 aromatic heterocycles. The summed E-state index contributed by atoms with van der Waals surface area (Å²) >= 11 is 2.05. The van der Waals surface area contributed by atoms with Gasteiger partial charge in [-0.15, -0.1) is 11.8 Å². The molecule has 4 heterocycles. The van der Waals surface area contributed by atoms with Crippen LogP contribution in [0.15, 0.2) is 18.3 Å². The van der Waals surface area contributed by atoms with Gasteiger partial charge < -0.3 is 5.32 Å². The lowest BCUT2D eigenvalue weighted by Gasteiger charge is -2.16. The maximum atomic E-state index is 4.88. The third-order valence-electron chi connectivity index (χ3n) is 4.35. The molecule has 2 aliphatic heterocycles. The fourth-order valence-electron chi connectivity index (χ4n) is 3.33. The van der Waals surface area contributed by atoms with Crippen molar-refractivity contribution in [3.05, 3.63) is 24.2 Å². The van der Waals surface area contributed by atoms with Crippen molar-refractivity contribution in [2.24, 2.45) is 5.92 Å². The summed E-state index contributed by atoms with van der Waals surface area (Å²) in [7, 11) is 0. The van der Waals surface area contributed by atoms with E-state index in [1.807, 2.05) is 12.3 Å². The molecule has 1 N–H and O–H groups in total. The zero-order valence-corrected chi connectivity index (χ0v) is 12.4. The normalized spacial score (nSPS) is 26.6. The number of hydrogen-bond donors (Lipinski definition) is 1. The highest BCUT2D eigenvalue weighted by Crippen LogP contribution is 2.38. The number of fused-ring (bicyclic) bond motifs is 1. The van der Waals surface area contributed by atoms with E-state index < -0.39 is 0 Å². The SMILES string of the molecule is c1cnc2c(c1)nc(CC1CCNC1)n2C1CCCS1. The number of nitrogens with one attached hydrogen (secondary N) is 1. The molecule has 2 aliphatic rings. The molecule has 4 nitrogen and oxygen atoms in total. The predicted octanol–water partition coefficient (Wildman–Crippen LogP) is 2.61. The van der Waals surface area contributed by atoms with Crippen LogP contribution in [0.4, 0.5) is 0 Å². The average Bonchev–Trinajstić information content (AvgIpc) is 3.18. The largest absolute Gasteiger partial charge is 0.316 e. The van der Waals surface area contributed by atoms with Crippen LogP contribution in [-0.4, -0.2) is 33.4 Å². The number of imidazole rings is 1. The standard InChI is InChI=1S/C15H20N4S/c1-3-12-15(17-6-1)19(14-4-2-8-20-14)13(18-12)9-11-5-7-16-10-11/h1,3,6,11,14,16H,2,4-5,7-10H2. The number of rotatable bonds is 3.